The molecule has 9 nitrogen and oxygen atoms in total. The zero-order chi connectivity index (χ0) is 27.4. The van der Waals surface area contributed by atoms with E-state index in [0.717, 1.165) is 17.7 Å². The van der Waals surface area contributed by atoms with E-state index in [9.17, 15) is 14.4 Å². The zero-order valence-corrected chi connectivity index (χ0v) is 22.2. The number of amides is 1. The van der Waals surface area contributed by atoms with Gasteiger partial charge in [-0.15, -0.1) is 11.3 Å². The van der Waals surface area contributed by atoms with E-state index in [1.807, 2.05) is 11.0 Å². The summed E-state index contributed by atoms with van der Waals surface area (Å²) >= 11 is 7.78. The van der Waals surface area contributed by atoms with Crippen molar-refractivity contribution in [3.05, 3.63) is 34.4 Å². The second kappa shape index (κ2) is 9.66. The van der Waals surface area contributed by atoms with Gasteiger partial charge in [-0.1, -0.05) is 17.7 Å². The lowest BCUT2D eigenvalue weighted by atomic mass is 9.96. The number of hydrogen-bond acceptors (Lipinski definition) is 9. The fourth-order valence-electron chi connectivity index (χ4n) is 5.43. The molecule has 0 unspecified atom stereocenters. The van der Waals surface area contributed by atoms with Crippen LogP contribution < -0.4 is 20.1 Å². The van der Waals surface area contributed by atoms with Crippen molar-refractivity contribution in [3.63, 3.8) is 0 Å². The maximum Gasteiger partial charge on any atom is 0.318 e. The number of nitriles is 1. The molecular formula is C26H21ClF2N6O3S. The minimum absolute atomic E-state index is 0.0174. The van der Waals surface area contributed by atoms with Crippen LogP contribution in [-0.4, -0.2) is 60.7 Å². The number of nitrogens with zero attached hydrogens (tertiary/aromatic N) is 5. The highest BCUT2D eigenvalue weighted by atomic mass is 35.5. The normalized spacial score (nSPS) is 15.8. The number of methoxy groups -OCH3 is 1. The van der Waals surface area contributed by atoms with Crippen molar-refractivity contribution in [1.29, 1.82) is 5.26 Å². The van der Waals surface area contributed by atoms with E-state index in [0.29, 0.717) is 43.7 Å². The Bertz CT molecular complexity index is 1700. The highest BCUT2D eigenvalue weighted by Crippen LogP contribution is 2.50. The van der Waals surface area contributed by atoms with E-state index in [1.54, 1.807) is 4.90 Å². The summed E-state index contributed by atoms with van der Waals surface area (Å²) in [6, 6.07) is 4.53. The quantitative estimate of drug-likeness (QED) is 0.350. The molecule has 0 radical (unpaired) electrons. The third-order valence-electron chi connectivity index (χ3n) is 7.26. The number of hydrogen-bond donors (Lipinski definition) is 1. The first-order valence-corrected chi connectivity index (χ1v) is 13.3. The van der Waals surface area contributed by atoms with Crippen LogP contribution in [0.2, 0.25) is 5.02 Å². The van der Waals surface area contributed by atoms with Gasteiger partial charge in [0.25, 0.3) is 0 Å². The molecule has 13 heteroatoms. The lowest BCUT2D eigenvalue weighted by Gasteiger charge is -2.37. The summed E-state index contributed by atoms with van der Waals surface area (Å²) in [6.07, 6.45) is 2.23. The van der Waals surface area contributed by atoms with Crippen LogP contribution >= 0.6 is 22.9 Å². The molecule has 0 aliphatic carbocycles. The maximum atomic E-state index is 16.6. The van der Waals surface area contributed by atoms with Crippen LogP contribution in [0.3, 0.4) is 0 Å². The van der Waals surface area contributed by atoms with Crippen molar-refractivity contribution in [2.75, 3.05) is 44.0 Å². The topological polar surface area (TPSA) is 118 Å². The van der Waals surface area contributed by atoms with Crippen molar-refractivity contribution < 1.29 is 23.0 Å². The first kappa shape index (κ1) is 25.3. The van der Waals surface area contributed by atoms with E-state index in [1.165, 1.54) is 19.2 Å². The van der Waals surface area contributed by atoms with Crippen molar-refractivity contribution in [2.24, 2.45) is 0 Å². The molecule has 0 spiro atoms. The Hall–Kier alpha value is -3.95. The smallest absolute Gasteiger partial charge is 0.318 e. The molecule has 0 bridgehead atoms. The number of halogens is 3. The van der Waals surface area contributed by atoms with Gasteiger partial charge in [0.15, 0.2) is 11.6 Å². The van der Waals surface area contributed by atoms with Gasteiger partial charge in [0, 0.05) is 30.1 Å². The molecule has 2 aliphatic rings. The van der Waals surface area contributed by atoms with Gasteiger partial charge in [-0.25, -0.2) is 8.78 Å². The standard InChI is InChI=1S/C26H21ClF2N6O3S/c1-37-26-32-21-18-22(38-9-8-35(25(18)33-26)12-4-6-34(11-36)7-5-12)19(27)17(20(21)29)13-2-3-15(28)23-16(13)14(10-30)24(31)39-23/h2-3,11-12H,4-9,31H2,1H3. The van der Waals surface area contributed by atoms with Gasteiger partial charge in [0.05, 0.1) is 34.3 Å². The van der Waals surface area contributed by atoms with Gasteiger partial charge in [-0.2, -0.15) is 15.2 Å². The SMILES string of the molecule is COc1nc2c3c(c(Cl)c(-c4ccc(F)c5sc(N)c(C#N)c45)c(F)c3n1)OCCN2C1CCN(C=O)CC1. The first-order chi connectivity index (χ1) is 18.9. The summed E-state index contributed by atoms with van der Waals surface area (Å²) in [7, 11) is 1.39. The number of thiophene rings is 1. The van der Waals surface area contributed by atoms with Gasteiger partial charge in [0.1, 0.15) is 34.8 Å². The summed E-state index contributed by atoms with van der Waals surface area (Å²) < 4.78 is 42.9. The van der Waals surface area contributed by atoms with E-state index in [4.69, 9.17) is 26.8 Å². The van der Waals surface area contributed by atoms with Crippen molar-refractivity contribution >= 4 is 61.2 Å². The van der Waals surface area contributed by atoms with Crippen molar-refractivity contribution in [1.82, 2.24) is 14.9 Å². The molecule has 2 aromatic heterocycles. The molecular weight excluding hydrogens is 550 g/mol. The van der Waals surface area contributed by atoms with Gasteiger partial charge in [-0.3, -0.25) is 4.79 Å². The van der Waals surface area contributed by atoms with Crippen LogP contribution in [0.1, 0.15) is 18.4 Å². The maximum absolute atomic E-state index is 16.6. The van der Waals surface area contributed by atoms with Crippen LogP contribution in [-0.2, 0) is 4.79 Å². The van der Waals surface area contributed by atoms with Gasteiger partial charge in [-0.05, 0) is 24.5 Å². The fraction of sp³-hybridized carbons (Fsp3) is 0.308. The largest absolute Gasteiger partial charge is 0.489 e. The van der Waals surface area contributed by atoms with Crippen LogP contribution in [0, 0.1) is 23.0 Å². The monoisotopic (exact) mass is 570 g/mol. The number of nitrogens with two attached hydrogens (primary N) is 1. The molecule has 200 valence electrons. The minimum Gasteiger partial charge on any atom is -0.489 e. The number of nitrogen functional groups attached to an aromatic ring is 1. The number of likely N-dealkylation sites (tertiary alicyclic amines) is 1. The van der Waals surface area contributed by atoms with Gasteiger partial charge >= 0.3 is 6.01 Å². The average Bonchev–Trinajstić information content (AvgIpc) is 3.17. The predicted octanol–water partition coefficient (Wildman–Crippen LogP) is 4.73. The zero-order valence-electron chi connectivity index (χ0n) is 20.6. The molecule has 4 aromatic rings. The third kappa shape index (κ3) is 3.87. The second-order valence-electron chi connectivity index (χ2n) is 9.26. The third-order valence-corrected chi connectivity index (χ3v) is 8.65. The van der Waals surface area contributed by atoms with E-state index >= 15 is 4.39 Å². The number of ether oxygens (including phenoxy) is 2. The Morgan fingerprint density at radius 3 is 2.72 bits per heavy atom. The molecule has 1 fully saturated rings. The number of fused-ring (bicyclic) bond motifs is 1. The number of rotatable bonds is 4. The van der Waals surface area contributed by atoms with Crippen LogP contribution in [0.5, 0.6) is 11.8 Å². The van der Waals surface area contributed by atoms with Crippen LogP contribution in [0.15, 0.2) is 12.1 Å². The van der Waals surface area contributed by atoms with Crippen molar-refractivity contribution in [3.8, 4) is 29.0 Å². The molecule has 2 aliphatic heterocycles. The number of carbonyl (C=O) groups excluding carboxylic acids is 1. The highest BCUT2D eigenvalue weighted by molar-refractivity contribution is 7.23. The molecule has 2 N–H and O–H groups in total. The molecule has 0 saturated carbocycles. The highest BCUT2D eigenvalue weighted by Gasteiger charge is 2.34. The van der Waals surface area contributed by atoms with Gasteiger partial charge < -0.3 is 25.0 Å². The lowest BCUT2D eigenvalue weighted by Crippen LogP contribution is -2.46. The Balaban J connectivity index is 1.63. The number of carbonyl (C=O) groups is 1. The number of piperidine rings is 1. The second-order valence-corrected chi connectivity index (χ2v) is 10.7. The molecule has 2 aromatic carbocycles. The van der Waals surface area contributed by atoms with E-state index in [2.05, 4.69) is 9.97 Å². The predicted molar refractivity (Wildman–Crippen MR) is 144 cm³/mol. The van der Waals surface area contributed by atoms with Crippen LogP contribution in [0.4, 0.5) is 19.6 Å². The molecule has 39 heavy (non-hydrogen) atoms. The Labute approximate surface area is 230 Å². The van der Waals surface area contributed by atoms with E-state index < -0.39 is 11.6 Å². The lowest BCUT2D eigenvalue weighted by molar-refractivity contribution is -0.119. The van der Waals surface area contributed by atoms with Crippen LogP contribution in [0.25, 0.3) is 32.1 Å². The Morgan fingerprint density at radius 1 is 1.26 bits per heavy atom. The summed E-state index contributed by atoms with van der Waals surface area (Å²) in [5.74, 6) is -0.763. The number of anilines is 2. The molecule has 4 heterocycles. The molecule has 6 rings (SSSR count). The molecule has 1 amide bonds. The number of benzene rings is 2. The molecule has 0 atom stereocenters. The minimum atomic E-state index is -0.788. The van der Waals surface area contributed by atoms with Gasteiger partial charge in [0.2, 0.25) is 6.41 Å². The van der Waals surface area contributed by atoms with Crippen molar-refractivity contribution in [2.45, 2.75) is 18.9 Å². The fourth-order valence-corrected chi connectivity index (χ4v) is 6.71. The first-order valence-electron chi connectivity index (χ1n) is 12.1. The average molecular weight is 571 g/mol. The summed E-state index contributed by atoms with van der Waals surface area (Å²) in [6.45, 7) is 1.83. The molecule has 1 saturated heterocycles. The summed E-state index contributed by atoms with van der Waals surface area (Å²) in [4.78, 5) is 23.9. The Morgan fingerprint density at radius 2 is 2.03 bits per heavy atom. The summed E-state index contributed by atoms with van der Waals surface area (Å²) in [5.41, 5.74) is 6.08. The summed E-state index contributed by atoms with van der Waals surface area (Å²) in [5, 5.41) is 10.3. The number of aromatic nitrogens is 2. The Kier molecular flexibility index (Phi) is 6.28. The van der Waals surface area contributed by atoms with E-state index in [-0.39, 0.29) is 66.7 Å².